The summed E-state index contributed by atoms with van der Waals surface area (Å²) < 4.78 is 68.6. The summed E-state index contributed by atoms with van der Waals surface area (Å²) >= 11 is 0. The standard InChI is InChI=1S/C25H37N7O3.2C2HF3O2/c1-5-35-24(34)20(12-14(2)3)30-23(33)22-28-17-11-10-15(4)13-16(17)21(32-22)29-18-8-6-7-9-19(18)31-25(26)27;2*3-2(4,5)1(6)7/h10-11,13-14,18-20H,5-9,12H2,1-4H3,(H,30,33)(H4,26,27,31)(H,28,29,32);2*(H,6,7)/t18?,19?,20-;;/m0../s1. The van der Waals surface area contributed by atoms with Gasteiger partial charge < -0.3 is 36.6 Å². The van der Waals surface area contributed by atoms with Gasteiger partial charge in [0.05, 0.1) is 12.1 Å². The largest absolute Gasteiger partial charge is 0.490 e. The normalized spacial score (nSPS) is 16.6. The van der Waals surface area contributed by atoms with Crippen molar-refractivity contribution in [3.63, 3.8) is 0 Å². The Balaban J connectivity index is 0.000000717. The number of guanidine groups is 1. The summed E-state index contributed by atoms with van der Waals surface area (Å²) in [6.07, 6.45) is -5.87. The second-order valence-electron chi connectivity index (χ2n) is 11.1. The molecular weight excluding hydrogens is 672 g/mol. The average molecular weight is 712 g/mol. The third-order valence-electron chi connectivity index (χ3n) is 6.55. The van der Waals surface area contributed by atoms with Crippen LogP contribution >= 0.6 is 0 Å². The van der Waals surface area contributed by atoms with E-state index < -0.39 is 42.2 Å². The molecule has 1 saturated carbocycles. The van der Waals surface area contributed by atoms with Crippen molar-refractivity contribution in [3.05, 3.63) is 29.6 Å². The van der Waals surface area contributed by atoms with Crippen molar-refractivity contribution in [2.75, 3.05) is 11.9 Å². The predicted octanol–water partition coefficient (Wildman–Crippen LogP) is 4.12. The lowest BCUT2D eigenvalue weighted by Gasteiger charge is -2.33. The predicted molar refractivity (Wildman–Crippen MR) is 164 cm³/mol. The van der Waals surface area contributed by atoms with Crippen LogP contribution in [0.4, 0.5) is 32.2 Å². The van der Waals surface area contributed by atoms with Gasteiger partial charge in [0.25, 0.3) is 5.91 Å². The maximum Gasteiger partial charge on any atom is 0.490 e. The zero-order valence-electron chi connectivity index (χ0n) is 27.0. The van der Waals surface area contributed by atoms with Gasteiger partial charge in [-0.2, -0.15) is 26.3 Å². The SMILES string of the molecule is CCOC(=O)[C@H](CC(C)C)NC(=O)c1nc(NC2CCCCC2NC(=N)N)c2cc(C)ccc2n1.O=C(O)C(F)(F)F.O=C(O)C(F)(F)F. The van der Waals surface area contributed by atoms with E-state index in [0.717, 1.165) is 36.6 Å². The molecule has 49 heavy (non-hydrogen) atoms. The molecule has 0 saturated heterocycles. The first-order chi connectivity index (χ1) is 22.6. The van der Waals surface area contributed by atoms with Crippen LogP contribution in [0, 0.1) is 18.3 Å². The van der Waals surface area contributed by atoms with Gasteiger partial charge in [0.2, 0.25) is 5.82 Å². The van der Waals surface area contributed by atoms with Crippen molar-refractivity contribution in [2.45, 2.75) is 90.3 Å². The molecule has 274 valence electrons. The van der Waals surface area contributed by atoms with Crippen molar-refractivity contribution in [1.82, 2.24) is 20.6 Å². The first-order valence-corrected chi connectivity index (χ1v) is 14.8. The van der Waals surface area contributed by atoms with Gasteiger partial charge in [0.15, 0.2) is 5.96 Å². The summed E-state index contributed by atoms with van der Waals surface area (Å²) in [4.78, 5) is 52.5. The number of carboxylic acids is 2. The van der Waals surface area contributed by atoms with E-state index in [4.69, 9.17) is 35.7 Å². The number of carbonyl (C=O) groups excluding carboxylic acids is 2. The Morgan fingerprint density at radius 1 is 1.00 bits per heavy atom. The molecule has 1 aromatic heterocycles. The van der Waals surface area contributed by atoms with Gasteiger partial charge in [-0.05, 0) is 51.2 Å². The molecule has 8 N–H and O–H groups in total. The number of aryl methyl sites for hydroxylation is 1. The Morgan fingerprint density at radius 2 is 1.53 bits per heavy atom. The minimum absolute atomic E-state index is 0.0182. The van der Waals surface area contributed by atoms with Crippen LogP contribution in [-0.4, -0.2) is 87.0 Å². The summed E-state index contributed by atoms with van der Waals surface area (Å²) in [6, 6.07) is 4.95. The Labute approximate surface area is 276 Å². The Morgan fingerprint density at radius 3 is 2.00 bits per heavy atom. The molecule has 3 atom stereocenters. The number of halogens is 6. The molecule has 0 radical (unpaired) electrons. The number of hydrogen-bond acceptors (Lipinski definition) is 9. The second kappa shape index (κ2) is 18.6. The van der Waals surface area contributed by atoms with Gasteiger partial charge >= 0.3 is 30.3 Å². The topological polar surface area (TPSA) is 230 Å². The second-order valence-corrected chi connectivity index (χ2v) is 11.1. The van der Waals surface area contributed by atoms with E-state index in [2.05, 4.69) is 25.9 Å². The van der Waals surface area contributed by atoms with Gasteiger partial charge in [-0.25, -0.2) is 24.4 Å². The molecule has 0 aliphatic heterocycles. The maximum absolute atomic E-state index is 13.2. The number of anilines is 1. The third kappa shape index (κ3) is 14.8. The molecule has 1 fully saturated rings. The molecule has 14 nitrogen and oxygen atoms in total. The number of carboxylic acid groups (broad SMARTS) is 2. The number of rotatable bonds is 9. The van der Waals surface area contributed by atoms with E-state index in [1.165, 1.54) is 0 Å². The van der Waals surface area contributed by atoms with E-state index in [1.807, 2.05) is 39.0 Å². The van der Waals surface area contributed by atoms with Crippen LogP contribution in [0.15, 0.2) is 18.2 Å². The quantitative estimate of drug-likeness (QED) is 0.0843. The van der Waals surface area contributed by atoms with Crippen LogP contribution < -0.4 is 21.7 Å². The number of nitrogens with zero attached hydrogens (tertiary/aromatic N) is 2. The number of nitrogens with one attached hydrogen (secondary N) is 4. The summed E-state index contributed by atoms with van der Waals surface area (Å²) in [6.45, 7) is 7.91. The van der Waals surface area contributed by atoms with E-state index in [-0.39, 0.29) is 36.4 Å². The molecule has 1 aliphatic carbocycles. The van der Waals surface area contributed by atoms with Gasteiger partial charge in [-0.1, -0.05) is 38.3 Å². The van der Waals surface area contributed by atoms with Crippen LogP contribution in [0.25, 0.3) is 10.9 Å². The first-order valence-electron chi connectivity index (χ1n) is 14.8. The fourth-order valence-electron chi connectivity index (χ4n) is 4.46. The smallest absolute Gasteiger partial charge is 0.475 e. The fraction of sp³-hybridized carbons (Fsp3) is 0.552. The number of fused-ring (bicyclic) bond motifs is 1. The number of carbonyl (C=O) groups is 4. The number of hydrogen-bond donors (Lipinski definition) is 7. The monoisotopic (exact) mass is 711 g/mol. The number of nitrogens with two attached hydrogens (primary N) is 1. The summed E-state index contributed by atoms with van der Waals surface area (Å²) in [5.41, 5.74) is 7.28. The highest BCUT2D eigenvalue weighted by molar-refractivity contribution is 5.98. The Kier molecular flexibility index (Phi) is 16.0. The molecule has 1 amide bonds. The molecule has 1 aliphatic rings. The number of ether oxygens (including phenoxy) is 1. The molecule has 0 spiro atoms. The number of amides is 1. The number of benzene rings is 1. The van der Waals surface area contributed by atoms with E-state index in [9.17, 15) is 35.9 Å². The number of alkyl halides is 6. The van der Waals surface area contributed by atoms with E-state index in [1.54, 1.807) is 6.92 Å². The molecule has 1 heterocycles. The Hall–Kier alpha value is -4.91. The maximum atomic E-state index is 13.2. The van der Waals surface area contributed by atoms with Gasteiger partial charge in [0, 0.05) is 17.5 Å². The van der Waals surface area contributed by atoms with Gasteiger partial charge in [0.1, 0.15) is 11.9 Å². The summed E-state index contributed by atoms with van der Waals surface area (Å²) in [5.74, 6) is -5.88. The minimum atomic E-state index is -5.08. The number of aliphatic carboxylic acids is 2. The minimum Gasteiger partial charge on any atom is -0.475 e. The van der Waals surface area contributed by atoms with Crippen LogP contribution in [0.5, 0.6) is 0 Å². The van der Waals surface area contributed by atoms with Crippen LogP contribution in [-0.2, 0) is 19.1 Å². The van der Waals surface area contributed by atoms with Crippen molar-refractivity contribution >= 4 is 46.5 Å². The zero-order valence-corrected chi connectivity index (χ0v) is 27.0. The van der Waals surface area contributed by atoms with Crippen LogP contribution in [0.1, 0.15) is 69.1 Å². The lowest BCUT2D eigenvalue weighted by Crippen LogP contribution is -2.50. The summed E-state index contributed by atoms with van der Waals surface area (Å²) in [5, 5.41) is 32.0. The molecule has 2 aromatic rings. The highest BCUT2D eigenvalue weighted by Crippen LogP contribution is 2.27. The zero-order chi connectivity index (χ0) is 37.7. The van der Waals surface area contributed by atoms with E-state index in [0.29, 0.717) is 17.8 Å². The molecule has 1 aromatic carbocycles. The van der Waals surface area contributed by atoms with Crippen molar-refractivity contribution in [1.29, 1.82) is 5.41 Å². The highest BCUT2D eigenvalue weighted by Gasteiger charge is 2.39. The molecule has 0 bridgehead atoms. The average Bonchev–Trinajstić information content (AvgIpc) is 2.97. The van der Waals surface area contributed by atoms with Gasteiger partial charge in [-0.15, -0.1) is 0 Å². The third-order valence-corrected chi connectivity index (χ3v) is 6.55. The Bertz CT molecular complexity index is 1450. The molecule has 2 unspecified atom stereocenters. The van der Waals surface area contributed by atoms with E-state index >= 15 is 0 Å². The lowest BCUT2D eigenvalue weighted by molar-refractivity contribution is -0.193. The highest BCUT2D eigenvalue weighted by atomic mass is 19.4. The number of aromatic nitrogens is 2. The summed E-state index contributed by atoms with van der Waals surface area (Å²) in [7, 11) is 0. The molecular formula is C29H39F6N7O7. The molecule has 20 heteroatoms. The molecule has 3 rings (SSSR count). The van der Waals surface area contributed by atoms with Crippen molar-refractivity contribution in [2.24, 2.45) is 11.7 Å². The fourth-order valence-corrected chi connectivity index (χ4v) is 4.46. The first kappa shape index (κ1) is 42.1. The van der Waals surface area contributed by atoms with Crippen molar-refractivity contribution < 1.29 is 60.5 Å². The number of esters is 1. The van der Waals surface area contributed by atoms with Crippen molar-refractivity contribution in [3.8, 4) is 0 Å². The van der Waals surface area contributed by atoms with Gasteiger partial charge in [-0.3, -0.25) is 10.2 Å². The van der Waals surface area contributed by atoms with Crippen LogP contribution in [0.2, 0.25) is 0 Å². The lowest BCUT2D eigenvalue weighted by atomic mass is 9.90. The van der Waals surface area contributed by atoms with Crippen LogP contribution in [0.3, 0.4) is 0 Å².